The van der Waals surface area contributed by atoms with Gasteiger partial charge in [0.15, 0.2) is 5.75 Å². The van der Waals surface area contributed by atoms with Crippen molar-refractivity contribution in [3.05, 3.63) is 56.5 Å². The van der Waals surface area contributed by atoms with E-state index in [9.17, 15) is 28.1 Å². The third kappa shape index (κ3) is 3.80. The monoisotopic (exact) mass is 383 g/mol. The predicted molar refractivity (Wildman–Crippen MR) is 88.9 cm³/mol. The first-order valence-corrected chi connectivity index (χ1v) is 8.34. The van der Waals surface area contributed by atoms with Gasteiger partial charge < -0.3 is 14.5 Å². The maximum atomic E-state index is 12.4. The van der Waals surface area contributed by atoms with Gasteiger partial charge in [0.25, 0.3) is 15.6 Å². The molecule has 0 aliphatic carbocycles. The number of sulfonamides is 1. The van der Waals surface area contributed by atoms with Crippen molar-refractivity contribution in [2.75, 3.05) is 18.9 Å². The van der Waals surface area contributed by atoms with Crippen LogP contribution in [-0.2, 0) is 14.8 Å². The number of H-pyrrole nitrogens is 1. The summed E-state index contributed by atoms with van der Waals surface area (Å²) in [6, 6.07) is 3.97. The molecule has 2 aromatic rings. The number of methoxy groups -OCH3 is 2. The number of hydrogen-bond donors (Lipinski definition) is 2. The van der Waals surface area contributed by atoms with Gasteiger partial charge in [0.05, 0.1) is 29.6 Å². The van der Waals surface area contributed by atoms with Gasteiger partial charge in [-0.2, -0.15) is 0 Å². The Morgan fingerprint density at radius 1 is 1.27 bits per heavy atom. The number of esters is 1. The molecule has 0 amide bonds. The zero-order valence-corrected chi connectivity index (χ0v) is 14.3. The molecule has 0 saturated heterocycles. The fourth-order valence-corrected chi connectivity index (χ4v) is 3.05. The summed E-state index contributed by atoms with van der Waals surface area (Å²) in [6.07, 6.45) is 1.06. The van der Waals surface area contributed by atoms with E-state index >= 15 is 0 Å². The molecule has 0 spiro atoms. The first kappa shape index (κ1) is 18.9. The molecule has 1 aromatic carbocycles. The van der Waals surface area contributed by atoms with Gasteiger partial charge in [-0.15, -0.1) is 0 Å². The summed E-state index contributed by atoms with van der Waals surface area (Å²) in [7, 11) is -2.03. The molecule has 0 aliphatic heterocycles. The minimum absolute atomic E-state index is 0.0921. The number of aromatic nitrogens is 1. The molecule has 1 aromatic heterocycles. The molecule has 138 valence electrons. The van der Waals surface area contributed by atoms with Crippen LogP contribution in [0, 0.1) is 10.1 Å². The van der Waals surface area contributed by atoms with Crippen molar-refractivity contribution in [2.45, 2.75) is 4.90 Å². The van der Waals surface area contributed by atoms with Crippen LogP contribution in [0.4, 0.5) is 11.4 Å². The van der Waals surface area contributed by atoms with Crippen molar-refractivity contribution >= 4 is 27.4 Å². The van der Waals surface area contributed by atoms with Gasteiger partial charge in [-0.05, 0) is 18.2 Å². The number of nitro benzene ring substituents is 1. The first-order valence-electron chi connectivity index (χ1n) is 6.86. The van der Waals surface area contributed by atoms with Gasteiger partial charge in [0.2, 0.25) is 0 Å². The van der Waals surface area contributed by atoms with Gasteiger partial charge in [-0.3, -0.25) is 19.6 Å². The Morgan fingerprint density at radius 3 is 2.54 bits per heavy atom. The largest absolute Gasteiger partial charge is 0.490 e. The van der Waals surface area contributed by atoms with Crippen molar-refractivity contribution in [3.63, 3.8) is 0 Å². The molecule has 26 heavy (non-hydrogen) atoms. The van der Waals surface area contributed by atoms with Crippen LogP contribution in [0.1, 0.15) is 10.4 Å². The fraction of sp³-hybridized carbons (Fsp3) is 0.143. The highest BCUT2D eigenvalue weighted by molar-refractivity contribution is 7.92. The number of nitrogens with zero attached hydrogens (tertiary/aromatic N) is 1. The van der Waals surface area contributed by atoms with Gasteiger partial charge in [-0.25, -0.2) is 13.2 Å². The number of nitro groups is 1. The average Bonchev–Trinajstić information content (AvgIpc) is 2.61. The summed E-state index contributed by atoms with van der Waals surface area (Å²) in [5.41, 5.74) is -1.92. The third-order valence-electron chi connectivity index (χ3n) is 3.23. The van der Waals surface area contributed by atoms with Crippen molar-refractivity contribution in [2.24, 2.45) is 0 Å². The van der Waals surface area contributed by atoms with E-state index in [0.29, 0.717) is 0 Å². The Morgan fingerprint density at radius 2 is 1.96 bits per heavy atom. The first-order chi connectivity index (χ1) is 12.2. The summed E-state index contributed by atoms with van der Waals surface area (Å²) < 4.78 is 36.1. The van der Waals surface area contributed by atoms with E-state index in [1.165, 1.54) is 7.11 Å². The van der Waals surface area contributed by atoms with Crippen LogP contribution >= 0.6 is 0 Å². The average molecular weight is 383 g/mol. The molecular formula is C14H13N3O8S. The summed E-state index contributed by atoms with van der Waals surface area (Å²) in [6.45, 7) is 0. The smallest absolute Gasteiger partial charge is 0.339 e. The molecule has 0 aliphatic rings. The molecule has 0 saturated carbocycles. The molecule has 2 rings (SSSR count). The number of carbonyl (C=O) groups is 1. The number of rotatable bonds is 6. The molecule has 0 bridgehead atoms. The number of carbonyl (C=O) groups excluding carboxylic acids is 1. The lowest BCUT2D eigenvalue weighted by Crippen LogP contribution is -2.21. The lowest BCUT2D eigenvalue weighted by atomic mass is 10.3. The molecule has 1 heterocycles. The second-order valence-electron chi connectivity index (χ2n) is 4.82. The number of benzene rings is 1. The Bertz CT molecular complexity index is 1030. The van der Waals surface area contributed by atoms with Crippen LogP contribution < -0.4 is 15.0 Å². The topological polar surface area (TPSA) is 158 Å². The molecule has 12 heteroatoms. The minimum atomic E-state index is -4.35. The van der Waals surface area contributed by atoms with Gasteiger partial charge in [0.1, 0.15) is 5.69 Å². The second kappa shape index (κ2) is 7.23. The van der Waals surface area contributed by atoms with Crippen molar-refractivity contribution in [3.8, 4) is 5.75 Å². The maximum absolute atomic E-state index is 12.4. The molecule has 2 N–H and O–H groups in total. The number of anilines is 1. The highest BCUT2D eigenvalue weighted by atomic mass is 32.2. The van der Waals surface area contributed by atoms with Gasteiger partial charge >= 0.3 is 11.7 Å². The number of aromatic amines is 1. The lowest BCUT2D eigenvalue weighted by molar-refractivity contribution is -0.386. The Balaban J connectivity index is 2.47. The van der Waals surface area contributed by atoms with Crippen LogP contribution in [0.5, 0.6) is 5.75 Å². The van der Waals surface area contributed by atoms with E-state index in [0.717, 1.165) is 37.6 Å². The standard InChI is InChI=1S/C14H13N3O8S/c1-24-12-4-3-9(6-11(12)17(20)21)26(22,23)16-10-5-8(14(19)25-2)7-15-13(10)18/h3-7,16H,1-2H3,(H,15,18). The summed E-state index contributed by atoms with van der Waals surface area (Å²) in [5.74, 6) is -0.915. The maximum Gasteiger partial charge on any atom is 0.339 e. The van der Waals surface area contributed by atoms with E-state index in [1.54, 1.807) is 0 Å². The number of ether oxygens (including phenoxy) is 2. The summed E-state index contributed by atoms with van der Waals surface area (Å²) in [5, 5.41) is 11.0. The third-order valence-corrected chi connectivity index (χ3v) is 4.59. The number of pyridine rings is 1. The molecule has 0 unspecified atom stereocenters. The quantitative estimate of drug-likeness (QED) is 0.422. The van der Waals surface area contributed by atoms with Gasteiger partial charge in [-0.1, -0.05) is 0 Å². The van der Waals surface area contributed by atoms with Gasteiger partial charge in [0, 0.05) is 12.3 Å². The summed E-state index contributed by atoms with van der Waals surface area (Å²) in [4.78, 5) is 35.3. The van der Waals surface area contributed by atoms with Crippen LogP contribution in [0.25, 0.3) is 0 Å². The highest BCUT2D eigenvalue weighted by Gasteiger charge is 2.23. The van der Waals surface area contributed by atoms with Crippen LogP contribution in [0.2, 0.25) is 0 Å². The lowest BCUT2D eigenvalue weighted by Gasteiger charge is -2.09. The SMILES string of the molecule is COC(=O)c1c[nH]c(=O)c(NS(=O)(=O)c2ccc(OC)c([N+](=O)[O-])c2)c1. The zero-order chi connectivity index (χ0) is 19.5. The molecular weight excluding hydrogens is 370 g/mol. The summed E-state index contributed by atoms with van der Waals surface area (Å²) >= 11 is 0. The van der Waals surface area contributed by atoms with E-state index < -0.39 is 42.7 Å². The van der Waals surface area contributed by atoms with E-state index in [1.807, 2.05) is 4.72 Å². The van der Waals surface area contributed by atoms with Crippen molar-refractivity contribution in [1.82, 2.24) is 4.98 Å². The Hall–Kier alpha value is -3.41. The zero-order valence-electron chi connectivity index (χ0n) is 13.5. The van der Waals surface area contributed by atoms with E-state index in [2.05, 4.69) is 9.72 Å². The van der Waals surface area contributed by atoms with Crippen LogP contribution in [0.3, 0.4) is 0 Å². The highest BCUT2D eigenvalue weighted by Crippen LogP contribution is 2.29. The normalized spacial score (nSPS) is 10.8. The van der Waals surface area contributed by atoms with E-state index in [-0.39, 0.29) is 11.3 Å². The van der Waals surface area contributed by atoms with E-state index in [4.69, 9.17) is 4.74 Å². The van der Waals surface area contributed by atoms with Crippen LogP contribution in [-0.4, -0.2) is 38.5 Å². The molecule has 0 radical (unpaired) electrons. The van der Waals surface area contributed by atoms with Crippen molar-refractivity contribution < 1.29 is 27.6 Å². The predicted octanol–water partition coefficient (Wildman–Crippen LogP) is 0.879. The number of nitrogens with one attached hydrogen (secondary N) is 2. The van der Waals surface area contributed by atoms with Crippen LogP contribution in [0.15, 0.2) is 40.2 Å². The molecule has 0 atom stereocenters. The Labute approximate surface area is 146 Å². The minimum Gasteiger partial charge on any atom is -0.490 e. The fourth-order valence-electron chi connectivity index (χ4n) is 1.98. The second-order valence-corrected chi connectivity index (χ2v) is 6.50. The van der Waals surface area contributed by atoms with Crippen molar-refractivity contribution in [1.29, 1.82) is 0 Å². The Kier molecular flexibility index (Phi) is 5.26. The molecule has 11 nitrogen and oxygen atoms in total. The number of hydrogen-bond acceptors (Lipinski definition) is 8. The molecule has 0 fully saturated rings.